The van der Waals surface area contributed by atoms with Crippen LogP contribution in [0.3, 0.4) is 0 Å². The maximum atomic E-state index is 9.51. The molecule has 0 unspecified atom stereocenters. The van der Waals surface area contributed by atoms with E-state index in [9.17, 15) is 10.2 Å². The van der Waals surface area contributed by atoms with Crippen molar-refractivity contribution in [1.29, 1.82) is 0 Å². The van der Waals surface area contributed by atoms with Crippen LogP contribution in [0.2, 0.25) is 0 Å². The van der Waals surface area contributed by atoms with Crippen LogP contribution >= 0.6 is 11.8 Å². The highest BCUT2D eigenvalue weighted by molar-refractivity contribution is 7.99. The van der Waals surface area contributed by atoms with Crippen LogP contribution < -0.4 is 0 Å². The quantitative estimate of drug-likeness (QED) is 0.149. The Morgan fingerprint density at radius 1 is 0.567 bits per heavy atom. The maximum absolute atomic E-state index is 9.51. The maximum Gasteiger partial charge on any atom is 0.157 e. The molecule has 174 valence electrons. The molecular weight excluding hydrogens is 388 g/mol. The summed E-state index contributed by atoms with van der Waals surface area (Å²) in [4.78, 5) is 0. The van der Waals surface area contributed by atoms with Crippen molar-refractivity contribution in [3.05, 3.63) is 23.8 Å². The lowest BCUT2D eigenvalue weighted by atomic mass is 10.0. The average molecular weight is 437 g/mol. The fourth-order valence-corrected chi connectivity index (χ4v) is 4.92. The number of rotatable bonds is 21. The van der Waals surface area contributed by atoms with Crippen molar-refractivity contribution in [3.63, 3.8) is 0 Å². The molecule has 0 aliphatic heterocycles. The summed E-state index contributed by atoms with van der Waals surface area (Å²) in [5, 5.41) is 18.8. The van der Waals surface area contributed by atoms with E-state index in [0.717, 1.165) is 18.4 Å². The molecule has 0 aromatic heterocycles. The number of thioether (sulfide) groups is 1. The Hall–Kier alpha value is -0.830. The van der Waals surface area contributed by atoms with Crippen molar-refractivity contribution in [2.24, 2.45) is 0 Å². The van der Waals surface area contributed by atoms with Crippen molar-refractivity contribution in [2.75, 3.05) is 11.5 Å². The van der Waals surface area contributed by atoms with Crippen molar-refractivity contribution in [1.82, 2.24) is 0 Å². The summed E-state index contributed by atoms with van der Waals surface area (Å²) in [5.74, 6) is 2.42. The zero-order valence-electron chi connectivity index (χ0n) is 19.7. The second-order valence-corrected chi connectivity index (χ2v) is 10.1. The predicted octanol–water partition coefficient (Wildman–Crippen LogP) is 9.03. The molecule has 0 saturated carbocycles. The van der Waals surface area contributed by atoms with Crippen LogP contribution in [-0.4, -0.2) is 21.7 Å². The van der Waals surface area contributed by atoms with Crippen LogP contribution in [0.1, 0.15) is 122 Å². The molecule has 30 heavy (non-hydrogen) atoms. The van der Waals surface area contributed by atoms with Gasteiger partial charge in [0.2, 0.25) is 0 Å². The van der Waals surface area contributed by atoms with Gasteiger partial charge in [0.15, 0.2) is 11.5 Å². The monoisotopic (exact) mass is 436 g/mol. The molecule has 0 aliphatic rings. The third kappa shape index (κ3) is 15.9. The van der Waals surface area contributed by atoms with Crippen molar-refractivity contribution < 1.29 is 10.2 Å². The SMILES string of the molecule is CCCCCCCCCCCCCCCCCCSCCCc1ccc(O)c(O)c1. The van der Waals surface area contributed by atoms with E-state index in [1.807, 2.05) is 6.07 Å². The van der Waals surface area contributed by atoms with Crippen LogP contribution in [0.5, 0.6) is 11.5 Å². The first-order chi connectivity index (χ1) is 14.7. The van der Waals surface area contributed by atoms with Gasteiger partial charge in [-0.05, 0) is 48.5 Å². The normalized spacial score (nSPS) is 11.2. The van der Waals surface area contributed by atoms with Gasteiger partial charge in [0.05, 0.1) is 0 Å². The zero-order chi connectivity index (χ0) is 21.7. The van der Waals surface area contributed by atoms with Crippen LogP contribution in [-0.2, 0) is 6.42 Å². The lowest BCUT2D eigenvalue weighted by Crippen LogP contribution is -1.90. The Morgan fingerprint density at radius 2 is 1.03 bits per heavy atom. The molecule has 2 nitrogen and oxygen atoms in total. The lowest BCUT2D eigenvalue weighted by molar-refractivity contribution is 0.403. The summed E-state index contributed by atoms with van der Waals surface area (Å²) in [7, 11) is 0. The molecule has 0 fully saturated rings. The molecule has 2 N–H and O–H groups in total. The van der Waals surface area contributed by atoms with Gasteiger partial charge < -0.3 is 10.2 Å². The first-order valence-corrected chi connectivity index (χ1v) is 14.0. The minimum Gasteiger partial charge on any atom is -0.504 e. The zero-order valence-corrected chi connectivity index (χ0v) is 20.5. The largest absolute Gasteiger partial charge is 0.504 e. The molecular formula is C27H48O2S. The van der Waals surface area contributed by atoms with E-state index in [0.29, 0.717) is 0 Å². The molecule has 0 amide bonds. The van der Waals surface area contributed by atoms with Gasteiger partial charge in [-0.2, -0.15) is 11.8 Å². The predicted molar refractivity (Wildman–Crippen MR) is 135 cm³/mol. The van der Waals surface area contributed by atoms with Gasteiger partial charge in [0.25, 0.3) is 0 Å². The summed E-state index contributed by atoms with van der Waals surface area (Å²) < 4.78 is 0. The number of aryl methyl sites for hydroxylation is 1. The second kappa shape index (κ2) is 20.1. The molecule has 1 aromatic rings. The number of hydrogen-bond acceptors (Lipinski definition) is 3. The average Bonchev–Trinajstić information content (AvgIpc) is 2.74. The molecule has 0 bridgehead atoms. The van der Waals surface area contributed by atoms with Gasteiger partial charge in [-0.1, -0.05) is 109 Å². The van der Waals surface area contributed by atoms with Crippen LogP contribution in [0.4, 0.5) is 0 Å². The number of phenolic OH excluding ortho intramolecular Hbond substituents is 2. The lowest BCUT2D eigenvalue weighted by Gasteiger charge is -2.05. The number of phenols is 2. The summed E-state index contributed by atoms with van der Waals surface area (Å²) in [6, 6.07) is 5.15. The van der Waals surface area contributed by atoms with Gasteiger partial charge in [-0.15, -0.1) is 0 Å². The Labute approximate surface area is 191 Å². The second-order valence-electron chi connectivity index (χ2n) is 8.84. The highest BCUT2D eigenvalue weighted by atomic mass is 32.2. The standard InChI is InChI=1S/C27H48O2S/c1-2-3-4-5-6-7-8-9-10-11-12-13-14-15-16-17-22-30-23-18-19-25-20-21-26(28)27(29)24-25/h20-21,24,28-29H,2-19,22-23H2,1H3. The molecule has 0 saturated heterocycles. The first kappa shape index (κ1) is 27.2. The molecule has 1 aromatic carbocycles. The smallest absolute Gasteiger partial charge is 0.157 e. The van der Waals surface area contributed by atoms with Gasteiger partial charge in [0, 0.05) is 0 Å². The van der Waals surface area contributed by atoms with Crippen molar-refractivity contribution >= 4 is 11.8 Å². The van der Waals surface area contributed by atoms with Gasteiger partial charge in [0.1, 0.15) is 0 Å². The summed E-state index contributed by atoms with van der Waals surface area (Å²) >= 11 is 2.05. The Morgan fingerprint density at radius 3 is 1.53 bits per heavy atom. The number of unbranched alkanes of at least 4 members (excludes halogenated alkanes) is 15. The summed E-state index contributed by atoms with van der Waals surface area (Å²) in [6.07, 6.45) is 25.0. The summed E-state index contributed by atoms with van der Waals surface area (Å²) in [6.45, 7) is 2.29. The highest BCUT2D eigenvalue weighted by Crippen LogP contribution is 2.25. The van der Waals surface area contributed by atoms with Crippen molar-refractivity contribution in [3.8, 4) is 11.5 Å². The molecule has 0 radical (unpaired) electrons. The van der Waals surface area contributed by atoms with E-state index in [-0.39, 0.29) is 11.5 Å². The number of aromatic hydroxyl groups is 2. The fraction of sp³-hybridized carbons (Fsp3) is 0.778. The topological polar surface area (TPSA) is 40.5 Å². The fourth-order valence-electron chi connectivity index (χ4n) is 3.96. The van der Waals surface area contributed by atoms with Gasteiger partial charge in [-0.25, -0.2) is 0 Å². The minimum absolute atomic E-state index is 0.00619. The molecule has 3 heteroatoms. The highest BCUT2D eigenvalue weighted by Gasteiger charge is 2.01. The van der Waals surface area contributed by atoms with E-state index in [2.05, 4.69) is 18.7 Å². The molecule has 0 heterocycles. The van der Waals surface area contributed by atoms with Gasteiger partial charge in [-0.3, -0.25) is 0 Å². The van der Waals surface area contributed by atoms with Crippen LogP contribution in [0.25, 0.3) is 0 Å². The molecule has 0 spiro atoms. The van der Waals surface area contributed by atoms with E-state index >= 15 is 0 Å². The van der Waals surface area contributed by atoms with Crippen LogP contribution in [0, 0.1) is 0 Å². The molecule has 0 aliphatic carbocycles. The van der Waals surface area contributed by atoms with E-state index in [1.54, 1.807) is 12.1 Å². The van der Waals surface area contributed by atoms with Crippen LogP contribution in [0.15, 0.2) is 18.2 Å². The Balaban J connectivity index is 1.73. The number of hydrogen-bond donors (Lipinski definition) is 2. The molecule has 0 atom stereocenters. The third-order valence-electron chi connectivity index (χ3n) is 5.94. The minimum atomic E-state index is -0.0309. The molecule has 1 rings (SSSR count). The van der Waals surface area contributed by atoms with E-state index in [4.69, 9.17) is 0 Å². The first-order valence-electron chi connectivity index (χ1n) is 12.8. The Bertz CT molecular complexity index is 504. The van der Waals surface area contributed by atoms with Gasteiger partial charge >= 0.3 is 0 Å². The Kier molecular flexibility index (Phi) is 18.2. The number of benzene rings is 1. The van der Waals surface area contributed by atoms with Crippen molar-refractivity contribution in [2.45, 2.75) is 122 Å². The van der Waals surface area contributed by atoms with E-state index in [1.165, 1.54) is 114 Å². The third-order valence-corrected chi connectivity index (χ3v) is 7.09. The van der Waals surface area contributed by atoms with E-state index < -0.39 is 0 Å². The summed E-state index contributed by atoms with van der Waals surface area (Å²) in [5.41, 5.74) is 1.10.